The first-order chi connectivity index (χ1) is 5.15. The topological polar surface area (TPSA) is 37.3 Å². The van der Waals surface area contributed by atoms with E-state index >= 15 is 0 Å². The van der Waals surface area contributed by atoms with Crippen molar-refractivity contribution in [2.45, 2.75) is 0 Å². The van der Waals surface area contributed by atoms with Gasteiger partial charge >= 0.3 is 0 Å². The number of benzene rings is 1. The molecule has 0 aliphatic carbocycles. The van der Waals surface area contributed by atoms with Crippen molar-refractivity contribution in [3.05, 3.63) is 28.0 Å². The molecule has 0 atom stereocenters. The molecule has 4 heteroatoms. The number of rotatable bonds is 1. The molecule has 1 N–H and O–H groups in total. The first-order valence-electron chi connectivity index (χ1n) is 2.78. The molecule has 0 spiro atoms. The average Bonchev–Trinajstić information content (AvgIpc) is 1.85. The molecule has 0 aliphatic rings. The summed E-state index contributed by atoms with van der Waals surface area (Å²) in [7, 11) is 0. The second-order valence-corrected chi connectivity index (χ2v) is 2.80. The average molecular weight is 219 g/mol. The van der Waals surface area contributed by atoms with Crippen LogP contribution in [-0.2, 0) is 0 Å². The predicted octanol–water partition coefficient (Wildman–Crippen LogP) is 2.11. The fraction of sp³-hybridized carbons (Fsp3) is 0. The lowest BCUT2D eigenvalue weighted by molar-refractivity contribution is 0.111. The van der Waals surface area contributed by atoms with Gasteiger partial charge in [0, 0.05) is 10.5 Å². The molecular formula is C7H4BrFO2. The molecule has 11 heavy (non-hydrogen) atoms. The lowest BCUT2D eigenvalue weighted by Gasteiger charge is -1.98. The Morgan fingerprint density at radius 1 is 1.55 bits per heavy atom. The predicted molar refractivity (Wildman–Crippen MR) is 41.2 cm³/mol. The lowest BCUT2D eigenvalue weighted by atomic mass is 10.2. The summed E-state index contributed by atoms with van der Waals surface area (Å²) in [6.07, 6.45) is 0.388. The maximum atomic E-state index is 12.7. The zero-order valence-corrected chi connectivity index (χ0v) is 6.93. The van der Waals surface area contributed by atoms with Crippen LogP contribution in [0.1, 0.15) is 10.4 Å². The van der Waals surface area contributed by atoms with E-state index in [1.165, 1.54) is 6.07 Å². The molecule has 0 unspecified atom stereocenters. The standard InChI is InChI=1S/C7H4BrFO2/c8-6-1-4(11)2-7(9)5(6)3-10/h1-3,11H. The number of aldehydes is 1. The molecule has 0 fully saturated rings. The van der Waals surface area contributed by atoms with Crippen molar-refractivity contribution in [1.29, 1.82) is 0 Å². The van der Waals surface area contributed by atoms with Gasteiger partial charge < -0.3 is 5.11 Å². The normalized spacial score (nSPS) is 9.64. The molecule has 0 radical (unpaired) electrons. The highest BCUT2D eigenvalue weighted by atomic mass is 79.9. The maximum Gasteiger partial charge on any atom is 0.154 e. The molecule has 0 heterocycles. The van der Waals surface area contributed by atoms with Gasteiger partial charge in [-0.2, -0.15) is 0 Å². The molecule has 0 amide bonds. The minimum Gasteiger partial charge on any atom is -0.508 e. The van der Waals surface area contributed by atoms with E-state index in [2.05, 4.69) is 15.9 Å². The Labute approximate surface area is 70.8 Å². The Balaban J connectivity index is 3.36. The molecule has 0 aromatic heterocycles. The van der Waals surface area contributed by atoms with Crippen molar-refractivity contribution >= 4 is 22.2 Å². The van der Waals surface area contributed by atoms with Gasteiger partial charge in [-0.15, -0.1) is 0 Å². The third kappa shape index (κ3) is 1.57. The number of hydrogen-bond acceptors (Lipinski definition) is 2. The van der Waals surface area contributed by atoms with Crippen molar-refractivity contribution in [2.75, 3.05) is 0 Å². The SMILES string of the molecule is O=Cc1c(F)cc(O)cc1Br. The molecule has 0 bridgehead atoms. The van der Waals surface area contributed by atoms with Gasteiger partial charge in [-0.25, -0.2) is 4.39 Å². The van der Waals surface area contributed by atoms with E-state index in [0.29, 0.717) is 6.29 Å². The molecule has 1 aromatic rings. The van der Waals surface area contributed by atoms with Crippen LogP contribution < -0.4 is 0 Å². The van der Waals surface area contributed by atoms with Crippen LogP contribution in [0, 0.1) is 5.82 Å². The highest BCUT2D eigenvalue weighted by Gasteiger charge is 2.06. The van der Waals surface area contributed by atoms with E-state index in [0.717, 1.165) is 6.07 Å². The molecule has 1 rings (SSSR count). The third-order valence-electron chi connectivity index (χ3n) is 1.18. The number of hydrogen-bond donors (Lipinski definition) is 1. The van der Waals surface area contributed by atoms with E-state index < -0.39 is 5.82 Å². The summed E-state index contributed by atoms with van der Waals surface area (Å²) >= 11 is 2.93. The third-order valence-corrected chi connectivity index (χ3v) is 1.84. The molecular weight excluding hydrogens is 215 g/mol. The Morgan fingerprint density at radius 3 is 2.64 bits per heavy atom. The van der Waals surface area contributed by atoms with Gasteiger partial charge in [0.05, 0.1) is 5.56 Å². The second kappa shape index (κ2) is 3.00. The Morgan fingerprint density at radius 2 is 2.18 bits per heavy atom. The zero-order valence-electron chi connectivity index (χ0n) is 5.34. The smallest absolute Gasteiger partial charge is 0.154 e. The van der Waals surface area contributed by atoms with Crippen LogP contribution in [0.5, 0.6) is 5.75 Å². The van der Waals surface area contributed by atoms with Gasteiger partial charge in [-0.3, -0.25) is 4.79 Å². The van der Waals surface area contributed by atoms with Gasteiger partial charge in [0.25, 0.3) is 0 Å². The van der Waals surface area contributed by atoms with Crippen LogP contribution in [-0.4, -0.2) is 11.4 Å². The summed E-state index contributed by atoms with van der Waals surface area (Å²) in [5, 5.41) is 8.83. The highest BCUT2D eigenvalue weighted by Crippen LogP contribution is 2.23. The van der Waals surface area contributed by atoms with Crippen LogP contribution >= 0.6 is 15.9 Å². The minimum absolute atomic E-state index is 0.0807. The lowest BCUT2D eigenvalue weighted by Crippen LogP contribution is -1.88. The fourth-order valence-corrected chi connectivity index (χ4v) is 1.20. The molecule has 1 aromatic carbocycles. The van der Waals surface area contributed by atoms with E-state index in [4.69, 9.17) is 5.11 Å². The van der Waals surface area contributed by atoms with Gasteiger partial charge in [0.1, 0.15) is 11.6 Å². The molecule has 2 nitrogen and oxygen atoms in total. The molecule has 0 aliphatic heterocycles. The van der Waals surface area contributed by atoms with Crippen molar-refractivity contribution < 1.29 is 14.3 Å². The van der Waals surface area contributed by atoms with Crippen molar-refractivity contribution in [3.8, 4) is 5.75 Å². The summed E-state index contributed by atoms with van der Waals surface area (Å²) in [4.78, 5) is 10.2. The highest BCUT2D eigenvalue weighted by molar-refractivity contribution is 9.10. The van der Waals surface area contributed by atoms with Gasteiger partial charge in [-0.05, 0) is 22.0 Å². The Hall–Kier alpha value is -0.900. The van der Waals surface area contributed by atoms with Crippen LogP contribution in [0.25, 0.3) is 0 Å². The first-order valence-corrected chi connectivity index (χ1v) is 3.57. The maximum absolute atomic E-state index is 12.7. The summed E-state index contributed by atoms with van der Waals surface area (Å²) in [6.45, 7) is 0. The summed E-state index contributed by atoms with van der Waals surface area (Å²) < 4.78 is 12.9. The van der Waals surface area contributed by atoms with Gasteiger partial charge in [-0.1, -0.05) is 0 Å². The number of phenolic OH excluding ortho intramolecular Hbond substituents is 1. The van der Waals surface area contributed by atoms with Crippen LogP contribution in [0.2, 0.25) is 0 Å². The number of carbonyl (C=O) groups excluding carboxylic acids is 1. The number of phenols is 1. The first kappa shape index (κ1) is 8.20. The Bertz CT molecular complexity index is 275. The van der Waals surface area contributed by atoms with Gasteiger partial charge in [0.2, 0.25) is 0 Å². The fourth-order valence-electron chi connectivity index (χ4n) is 0.684. The summed E-state index contributed by atoms with van der Waals surface area (Å²) in [5.74, 6) is -0.938. The van der Waals surface area contributed by atoms with Crippen molar-refractivity contribution in [3.63, 3.8) is 0 Å². The van der Waals surface area contributed by atoms with E-state index in [-0.39, 0.29) is 15.8 Å². The van der Waals surface area contributed by atoms with Crippen LogP contribution in [0.15, 0.2) is 16.6 Å². The largest absolute Gasteiger partial charge is 0.508 e. The molecule has 58 valence electrons. The van der Waals surface area contributed by atoms with Gasteiger partial charge in [0.15, 0.2) is 6.29 Å². The van der Waals surface area contributed by atoms with Crippen molar-refractivity contribution in [1.82, 2.24) is 0 Å². The number of halogens is 2. The van der Waals surface area contributed by atoms with Crippen molar-refractivity contribution in [2.24, 2.45) is 0 Å². The summed E-state index contributed by atoms with van der Waals surface area (Å²) in [5.41, 5.74) is -0.0807. The molecule has 0 saturated heterocycles. The van der Waals surface area contributed by atoms with Crippen LogP contribution in [0.4, 0.5) is 4.39 Å². The minimum atomic E-state index is -0.730. The number of carbonyl (C=O) groups is 1. The zero-order chi connectivity index (χ0) is 8.43. The monoisotopic (exact) mass is 218 g/mol. The van der Waals surface area contributed by atoms with E-state index in [9.17, 15) is 9.18 Å². The summed E-state index contributed by atoms with van der Waals surface area (Å²) in [6, 6.07) is 2.14. The van der Waals surface area contributed by atoms with E-state index in [1.807, 2.05) is 0 Å². The molecule has 0 saturated carbocycles. The van der Waals surface area contributed by atoms with Crippen LogP contribution in [0.3, 0.4) is 0 Å². The quantitative estimate of drug-likeness (QED) is 0.734. The van der Waals surface area contributed by atoms with E-state index in [1.54, 1.807) is 0 Å². The Kier molecular flexibility index (Phi) is 2.24. The number of aromatic hydroxyl groups is 1. The second-order valence-electron chi connectivity index (χ2n) is 1.94.